The minimum Gasteiger partial charge on any atom is -0.305 e. The maximum Gasteiger partial charge on any atom is 0.164 e. The van der Waals surface area contributed by atoms with Gasteiger partial charge in [-0.15, -0.1) is 0 Å². The second kappa shape index (κ2) is 3.28. The monoisotopic (exact) mass is 149 g/mol. The molecule has 0 heterocycles. The quantitative estimate of drug-likeness (QED) is 0.568. The third-order valence-corrected chi connectivity index (χ3v) is 1.74. The van der Waals surface area contributed by atoms with E-state index in [0.29, 0.717) is 17.7 Å². The second-order valence-electron chi connectivity index (χ2n) is 2.57. The number of allylic oxidation sites excluding steroid dienone is 3. The third-order valence-electron chi connectivity index (χ3n) is 1.74. The number of rotatable bonds is 1. The lowest BCUT2D eigenvalue weighted by Crippen LogP contribution is -2.17. The summed E-state index contributed by atoms with van der Waals surface area (Å²) in [4.78, 5) is 11.1. The van der Waals surface area contributed by atoms with Gasteiger partial charge < -0.3 is 5.41 Å². The van der Waals surface area contributed by atoms with Gasteiger partial charge in [-0.1, -0.05) is 18.7 Å². The molecule has 0 aliphatic heterocycles. The summed E-state index contributed by atoms with van der Waals surface area (Å²) < 4.78 is 0. The predicted molar refractivity (Wildman–Crippen MR) is 44.9 cm³/mol. The zero-order valence-corrected chi connectivity index (χ0v) is 6.39. The molecule has 1 aliphatic rings. The Balaban J connectivity index is 2.87. The fourth-order valence-electron chi connectivity index (χ4n) is 1.17. The van der Waals surface area contributed by atoms with Crippen molar-refractivity contribution in [2.24, 2.45) is 0 Å². The zero-order chi connectivity index (χ0) is 8.27. The topological polar surface area (TPSA) is 40.9 Å². The van der Waals surface area contributed by atoms with E-state index in [2.05, 4.69) is 6.58 Å². The van der Waals surface area contributed by atoms with Crippen molar-refractivity contribution in [3.63, 3.8) is 0 Å². The molecule has 1 aliphatic carbocycles. The largest absolute Gasteiger partial charge is 0.305 e. The highest BCUT2D eigenvalue weighted by Gasteiger charge is 2.18. The van der Waals surface area contributed by atoms with E-state index in [1.165, 1.54) is 0 Å². The first-order valence-corrected chi connectivity index (χ1v) is 3.69. The Kier molecular flexibility index (Phi) is 2.36. The van der Waals surface area contributed by atoms with Crippen LogP contribution in [0, 0.1) is 5.41 Å². The summed E-state index contributed by atoms with van der Waals surface area (Å²) in [6, 6.07) is 0. The molecule has 0 aromatic heterocycles. The number of hydrogen-bond donors (Lipinski definition) is 1. The zero-order valence-electron chi connectivity index (χ0n) is 6.39. The molecule has 11 heavy (non-hydrogen) atoms. The van der Waals surface area contributed by atoms with Crippen LogP contribution in [0.25, 0.3) is 0 Å². The van der Waals surface area contributed by atoms with E-state index in [9.17, 15) is 4.79 Å². The molecule has 1 fully saturated rings. The lowest BCUT2D eigenvalue weighted by atomic mass is 9.91. The van der Waals surface area contributed by atoms with Crippen LogP contribution >= 0.6 is 0 Å². The van der Waals surface area contributed by atoms with Crippen LogP contribution in [0.3, 0.4) is 0 Å². The van der Waals surface area contributed by atoms with Crippen LogP contribution in [0.1, 0.15) is 19.3 Å². The first-order chi connectivity index (χ1) is 5.25. The molecule has 0 aromatic rings. The van der Waals surface area contributed by atoms with Crippen LogP contribution < -0.4 is 0 Å². The Bertz CT molecular complexity index is 220. The van der Waals surface area contributed by atoms with Crippen LogP contribution in [0.5, 0.6) is 0 Å². The first-order valence-electron chi connectivity index (χ1n) is 3.69. The standard InChI is InChI=1S/C9H11NO/c1-2-4-7-8(10)5-3-6-9(7)11/h2,4,10H,1,3,5-6H2/b7-4+,10-8?. The second-order valence-corrected chi connectivity index (χ2v) is 2.57. The number of Topliss-reactive ketones (excluding diaryl/α,β-unsaturated/α-hetero) is 1. The predicted octanol–water partition coefficient (Wildman–Crippen LogP) is 1.87. The van der Waals surface area contributed by atoms with Crippen molar-refractivity contribution in [1.29, 1.82) is 5.41 Å². The molecule has 2 heteroatoms. The number of nitrogens with one attached hydrogen (secondary N) is 1. The Morgan fingerprint density at radius 3 is 2.73 bits per heavy atom. The summed E-state index contributed by atoms with van der Waals surface area (Å²) >= 11 is 0. The van der Waals surface area contributed by atoms with Gasteiger partial charge >= 0.3 is 0 Å². The van der Waals surface area contributed by atoms with Gasteiger partial charge in [0.25, 0.3) is 0 Å². The van der Waals surface area contributed by atoms with Crippen LogP contribution in [-0.4, -0.2) is 11.5 Å². The fourth-order valence-corrected chi connectivity index (χ4v) is 1.17. The van der Waals surface area contributed by atoms with Crippen molar-refractivity contribution in [1.82, 2.24) is 0 Å². The number of carbonyl (C=O) groups excluding carboxylic acids is 1. The van der Waals surface area contributed by atoms with Gasteiger partial charge in [-0.3, -0.25) is 4.79 Å². The van der Waals surface area contributed by atoms with Crippen LogP contribution in [0.4, 0.5) is 0 Å². The van der Waals surface area contributed by atoms with Gasteiger partial charge in [-0.2, -0.15) is 0 Å². The molecule has 0 saturated heterocycles. The number of carbonyl (C=O) groups is 1. The van der Waals surface area contributed by atoms with Crippen molar-refractivity contribution < 1.29 is 4.79 Å². The van der Waals surface area contributed by atoms with Crippen LogP contribution in [-0.2, 0) is 4.79 Å². The highest BCUT2D eigenvalue weighted by Crippen LogP contribution is 2.16. The smallest absolute Gasteiger partial charge is 0.164 e. The van der Waals surface area contributed by atoms with Gasteiger partial charge in [0.15, 0.2) is 5.78 Å². The molecule has 0 radical (unpaired) electrons. The first kappa shape index (κ1) is 7.92. The maximum atomic E-state index is 11.1. The molecular weight excluding hydrogens is 138 g/mol. The van der Waals surface area contributed by atoms with Crippen molar-refractivity contribution in [3.05, 3.63) is 24.3 Å². The highest BCUT2D eigenvalue weighted by molar-refractivity contribution is 6.22. The summed E-state index contributed by atoms with van der Waals surface area (Å²) in [5.41, 5.74) is 1.01. The molecule has 0 aromatic carbocycles. The van der Waals surface area contributed by atoms with E-state index < -0.39 is 0 Å². The van der Waals surface area contributed by atoms with Crippen LogP contribution in [0.15, 0.2) is 24.3 Å². The van der Waals surface area contributed by atoms with E-state index >= 15 is 0 Å². The van der Waals surface area contributed by atoms with Gasteiger partial charge in [-0.05, 0) is 12.8 Å². The lowest BCUT2D eigenvalue weighted by molar-refractivity contribution is -0.115. The Morgan fingerprint density at radius 1 is 1.45 bits per heavy atom. The average molecular weight is 149 g/mol. The number of hydrogen-bond acceptors (Lipinski definition) is 2. The Hall–Kier alpha value is -1.18. The maximum absolute atomic E-state index is 11.1. The van der Waals surface area contributed by atoms with Gasteiger partial charge in [0.2, 0.25) is 0 Å². The third kappa shape index (κ3) is 1.64. The van der Waals surface area contributed by atoms with Gasteiger partial charge in [-0.25, -0.2) is 0 Å². The van der Waals surface area contributed by atoms with Crippen molar-refractivity contribution >= 4 is 11.5 Å². The molecular formula is C9H11NO. The lowest BCUT2D eigenvalue weighted by Gasteiger charge is -2.12. The fraction of sp³-hybridized carbons (Fsp3) is 0.333. The molecule has 1 rings (SSSR count). The average Bonchev–Trinajstić information content (AvgIpc) is 1.97. The Labute approximate surface area is 66.1 Å². The Morgan fingerprint density at radius 2 is 2.18 bits per heavy atom. The summed E-state index contributed by atoms with van der Waals surface area (Å²) in [5.74, 6) is 0.0844. The highest BCUT2D eigenvalue weighted by atomic mass is 16.1. The normalized spacial score (nSPS) is 22.4. The number of ketones is 1. The van der Waals surface area contributed by atoms with E-state index in [4.69, 9.17) is 5.41 Å². The van der Waals surface area contributed by atoms with Crippen molar-refractivity contribution in [2.45, 2.75) is 19.3 Å². The van der Waals surface area contributed by atoms with Gasteiger partial charge in [0.05, 0.1) is 0 Å². The minimum absolute atomic E-state index is 0.0844. The molecule has 0 atom stereocenters. The van der Waals surface area contributed by atoms with E-state index in [0.717, 1.165) is 12.8 Å². The molecule has 1 N–H and O–H groups in total. The summed E-state index contributed by atoms with van der Waals surface area (Å²) in [5, 5.41) is 7.44. The molecule has 0 unspecified atom stereocenters. The van der Waals surface area contributed by atoms with Crippen molar-refractivity contribution in [2.75, 3.05) is 0 Å². The van der Waals surface area contributed by atoms with E-state index in [-0.39, 0.29) is 5.78 Å². The van der Waals surface area contributed by atoms with Gasteiger partial charge in [0, 0.05) is 17.7 Å². The van der Waals surface area contributed by atoms with E-state index in [1.54, 1.807) is 12.2 Å². The minimum atomic E-state index is 0.0844. The van der Waals surface area contributed by atoms with Crippen LogP contribution in [0.2, 0.25) is 0 Å². The van der Waals surface area contributed by atoms with Crippen molar-refractivity contribution in [3.8, 4) is 0 Å². The SMILES string of the molecule is C=C/C=C1\C(=N)CCCC1=O. The summed E-state index contributed by atoms with van der Waals surface area (Å²) in [7, 11) is 0. The molecule has 1 saturated carbocycles. The molecule has 2 nitrogen and oxygen atoms in total. The van der Waals surface area contributed by atoms with E-state index in [1.807, 2.05) is 0 Å². The molecule has 58 valence electrons. The van der Waals surface area contributed by atoms with Gasteiger partial charge in [0.1, 0.15) is 0 Å². The summed E-state index contributed by atoms with van der Waals surface area (Å²) in [6.07, 6.45) is 5.33. The molecule has 0 amide bonds. The molecule has 0 spiro atoms. The summed E-state index contributed by atoms with van der Waals surface area (Å²) in [6.45, 7) is 3.50. The molecule has 0 bridgehead atoms.